The normalized spacial score (nSPS) is 13.2. The van der Waals surface area contributed by atoms with Crippen LogP contribution in [0.2, 0.25) is 0 Å². The van der Waals surface area contributed by atoms with Crippen LogP contribution in [0.25, 0.3) is 53.2 Å². The van der Waals surface area contributed by atoms with Gasteiger partial charge in [0.2, 0.25) is 0 Å². The zero-order valence-electron chi connectivity index (χ0n) is 28.2. The fraction of sp³-hybridized carbons (Fsp3) is 0.0204. The number of nitrogens with zero attached hydrogens (tertiary/aromatic N) is 1. The molecule has 0 bridgehead atoms. The number of benzene rings is 8. The minimum atomic E-state index is -0.505. The number of fused-ring (bicyclic) bond motifs is 9. The molecule has 2 aromatic heterocycles. The van der Waals surface area contributed by atoms with Gasteiger partial charge in [0.25, 0.3) is 0 Å². The van der Waals surface area contributed by atoms with Crippen molar-refractivity contribution in [2.24, 2.45) is 0 Å². The van der Waals surface area contributed by atoms with E-state index in [-0.39, 0.29) is 0 Å². The Morgan fingerprint density at radius 3 is 1.88 bits per heavy atom. The molecular weight excluding hydrogens is 651 g/mol. The fourth-order valence-electron chi connectivity index (χ4n) is 8.83. The summed E-state index contributed by atoms with van der Waals surface area (Å²) in [5, 5.41) is 4.77. The molecule has 0 atom stereocenters. The lowest BCUT2D eigenvalue weighted by molar-refractivity contribution is 0.669. The zero-order valence-corrected chi connectivity index (χ0v) is 29.0. The van der Waals surface area contributed by atoms with Gasteiger partial charge in [-0.05, 0) is 70.3 Å². The summed E-state index contributed by atoms with van der Waals surface area (Å²) in [4.78, 5) is 2.44. The van der Waals surface area contributed by atoms with E-state index in [4.69, 9.17) is 4.42 Å². The summed E-state index contributed by atoms with van der Waals surface area (Å²) in [7, 11) is 0. The van der Waals surface area contributed by atoms with E-state index in [9.17, 15) is 0 Å². The third kappa shape index (κ3) is 4.06. The maximum Gasteiger partial charge on any atom is 0.159 e. The standard InChI is InChI=1S/C49H31NOS/c1-3-15-32(16-4-1)49(33-17-5-2-6-18-33)40-23-10-7-21-38(40)47-41(49)24-14-25-42(47)50(34-29-30-46-39(31-34)36-20-9-12-28-45(36)52-46)43-26-13-22-37-35-19-8-11-27-44(35)51-48(37)43/h1-31H. The molecule has 0 aliphatic heterocycles. The molecule has 1 aliphatic carbocycles. The summed E-state index contributed by atoms with van der Waals surface area (Å²) in [6.45, 7) is 0. The van der Waals surface area contributed by atoms with E-state index in [1.165, 1.54) is 53.6 Å². The van der Waals surface area contributed by atoms with Crippen molar-refractivity contribution in [2.75, 3.05) is 4.90 Å². The van der Waals surface area contributed by atoms with E-state index in [0.29, 0.717) is 0 Å². The second kappa shape index (κ2) is 11.3. The molecule has 0 unspecified atom stereocenters. The largest absolute Gasteiger partial charge is 0.454 e. The lowest BCUT2D eigenvalue weighted by Gasteiger charge is -2.34. The van der Waals surface area contributed by atoms with Crippen LogP contribution in [-0.2, 0) is 5.41 Å². The smallest absolute Gasteiger partial charge is 0.159 e. The minimum Gasteiger partial charge on any atom is -0.454 e. The van der Waals surface area contributed by atoms with Gasteiger partial charge in [0.05, 0.1) is 16.8 Å². The predicted molar refractivity (Wildman–Crippen MR) is 219 cm³/mol. The van der Waals surface area contributed by atoms with E-state index >= 15 is 0 Å². The molecule has 10 aromatic rings. The first-order valence-electron chi connectivity index (χ1n) is 17.8. The van der Waals surface area contributed by atoms with E-state index in [0.717, 1.165) is 39.0 Å². The van der Waals surface area contributed by atoms with Crippen molar-refractivity contribution in [1.82, 2.24) is 0 Å². The van der Waals surface area contributed by atoms with Gasteiger partial charge in [-0.1, -0.05) is 146 Å². The summed E-state index contributed by atoms with van der Waals surface area (Å²) in [5.41, 5.74) is 12.0. The van der Waals surface area contributed by atoms with Crippen molar-refractivity contribution in [1.29, 1.82) is 0 Å². The molecule has 0 fully saturated rings. The first kappa shape index (κ1) is 29.3. The van der Waals surface area contributed by atoms with Gasteiger partial charge >= 0.3 is 0 Å². The Labute approximate surface area is 305 Å². The Kier molecular flexibility index (Phi) is 6.37. The van der Waals surface area contributed by atoms with Gasteiger partial charge < -0.3 is 9.32 Å². The van der Waals surface area contributed by atoms with Crippen LogP contribution in [0, 0.1) is 0 Å². The molecular formula is C49H31NOS. The number of thiophene rings is 1. The maximum atomic E-state index is 6.78. The Morgan fingerprint density at radius 2 is 1.06 bits per heavy atom. The molecule has 0 radical (unpaired) electrons. The van der Waals surface area contributed by atoms with Crippen molar-refractivity contribution in [3.63, 3.8) is 0 Å². The highest BCUT2D eigenvalue weighted by molar-refractivity contribution is 7.25. The van der Waals surface area contributed by atoms with Gasteiger partial charge in [0.1, 0.15) is 5.58 Å². The molecule has 8 aromatic carbocycles. The summed E-state index contributed by atoms with van der Waals surface area (Å²) >= 11 is 1.85. The molecule has 0 saturated carbocycles. The molecule has 0 amide bonds. The number of para-hydroxylation sites is 2. The molecule has 244 valence electrons. The number of hydrogen-bond donors (Lipinski definition) is 0. The van der Waals surface area contributed by atoms with Crippen LogP contribution < -0.4 is 4.90 Å². The highest BCUT2D eigenvalue weighted by Crippen LogP contribution is 2.60. The van der Waals surface area contributed by atoms with E-state index in [1.807, 2.05) is 17.4 Å². The van der Waals surface area contributed by atoms with Gasteiger partial charge in [0.15, 0.2) is 5.58 Å². The number of hydrogen-bond acceptors (Lipinski definition) is 3. The second-order valence-corrected chi connectivity index (χ2v) is 14.7. The Balaban J connectivity index is 1.27. The van der Waals surface area contributed by atoms with E-state index in [2.05, 4.69) is 187 Å². The van der Waals surface area contributed by atoms with Crippen LogP contribution in [0.15, 0.2) is 192 Å². The van der Waals surface area contributed by atoms with Crippen molar-refractivity contribution in [3.8, 4) is 11.1 Å². The lowest BCUT2D eigenvalue weighted by Crippen LogP contribution is -2.28. The molecule has 0 N–H and O–H groups in total. The van der Waals surface area contributed by atoms with Gasteiger partial charge in [-0.15, -0.1) is 11.3 Å². The highest BCUT2D eigenvalue weighted by atomic mass is 32.1. The number of anilines is 3. The van der Waals surface area contributed by atoms with Crippen LogP contribution >= 0.6 is 11.3 Å². The van der Waals surface area contributed by atoms with Crippen LogP contribution in [0.3, 0.4) is 0 Å². The molecule has 52 heavy (non-hydrogen) atoms. The Morgan fingerprint density at radius 1 is 0.442 bits per heavy atom. The van der Waals surface area contributed by atoms with Gasteiger partial charge in [-0.2, -0.15) is 0 Å². The maximum absolute atomic E-state index is 6.78. The van der Waals surface area contributed by atoms with Crippen molar-refractivity contribution >= 4 is 70.5 Å². The van der Waals surface area contributed by atoms with Crippen LogP contribution in [-0.4, -0.2) is 0 Å². The SMILES string of the molecule is c1ccc(C2(c3ccccc3)c3ccccc3-c3c(N(c4ccc5sc6ccccc6c5c4)c4cccc5c4oc4ccccc45)cccc32)cc1. The van der Waals surface area contributed by atoms with Crippen LogP contribution in [0.4, 0.5) is 17.1 Å². The van der Waals surface area contributed by atoms with E-state index < -0.39 is 5.41 Å². The van der Waals surface area contributed by atoms with Crippen LogP contribution in [0.5, 0.6) is 0 Å². The molecule has 0 spiro atoms. The molecule has 2 heterocycles. The third-order valence-corrected chi connectivity index (χ3v) is 12.1. The molecule has 11 rings (SSSR count). The quantitative estimate of drug-likeness (QED) is 0.180. The summed E-state index contributed by atoms with van der Waals surface area (Å²) in [6, 6.07) is 68.5. The van der Waals surface area contributed by atoms with Gasteiger partial charge in [-0.3, -0.25) is 0 Å². The fourth-order valence-corrected chi connectivity index (χ4v) is 9.92. The van der Waals surface area contributed by atoms with Crippen molar-refractivity contribution in [2.45, 2.75) is 5.41 Å². The zero-order chi connectivity index (χ0) is 34.2. The monoisotopic (exact) mass is 681 g/mol. The topological polar surface area (TPSA) is 16.4 Å². The molecule has 0 saturated heterocycles. The summed E-state index contributed by atoms with van der Waals surface area (Å²) < 4.78 is 9.36. The summed E-state index contributed by atoms with van der Waals surface area (Å²) in [6.07, 6.45) is 0. The van der Waals surface area contributed by atoms with Gasteiger partial charge in [-0.25, -0.2) is 0 Å². The lowest BCUT2D eigenvalue weighted by atomic mass is 9.68. The number of rotatable bonds is 5. The van der Waals surface area contributed by atoms with Crippen LogP contribution in [0.1, 0.15) is 22.3 Å². The molecule has 1 aliphatic rings. The average Bonchev–Trinajstić information content (AvgIpc) is 3.88. The minimum absolute atomic E-state index is 0.505. The molecule has 2 nitrogen and oxygen atoms in total. The summed E-state index contributed by atoms with van der Waals surface area (Å²) in [5.74, 6) is 0. The predicted octanol–water partition coefficient (Wildman–Crippen LogP) is 13.8. The van der Waals surface area contributed by atoms with E-state index in [1.54, 1.807) is 0 Å². The first-order chi connectivity index (χ1) is 25.8. The Bertz CT molecular complexity index is 2930. The third-order valence-electron chi connectivity index (χ3n) is 10.9. The van der Waals surface area contributed by atoms with Crippen molar-refractivity contribution < 1.29 is 4.42 Å². The average molecular weight is 682 g/mol. The highest BCUT2D eigenvalue weighted by Gasteiger charge is 2.47. The van der Waals surface area contributed by atoms with Crippen molar-refractivity contribution in [3.05, 3.63) is 210 Å². The second-order valence-electron chi connectivity index (χ2n) is 13.6. The first-order valence-corrected chi connectivity index (χ1v) is 18.6. The number of furan rings is 1. The molecule has 3 heteroatoms. The Hall–Kier alpha value is -6.42. The van der Waals surface area contributed by atoms with Gasteiger partial charge in [0, 0.05) is 42.2 Å².